The van der Waals surface area contributed by atoms with E-state index in [4.69, 9.17) is 4.74 Å². The maximum Gasteiger partial charge on any atom is 0.422 e. The lowest BCUT2D eigenvalue weighted by Crippen LogP contribution is -2.73. The van der Waals surface area contributed by atoms with Crippen LogP contribution < -0.4 is 4.72 Å². The van der Waals surface area contributed by atoms with Crippen LogP contribution in [0.1, 0.15) is 57.9 Å². The standard InChI is InChI=1S/C25H35N5O6S/c1-24(2,3)36-22(31)27-37(34,35)29-16-25(17-29,11-12-26)28-13-9-19(10-14-28)30(23(32)33)21-15-20(21)18-7-5-4-6-8-18/h4-8,19-21H,9-11,13-17H2,1-3H3,(H,27,31)(H,32,33)/t20-,21+/m0/s1. The second-order valence-electron chi connectivity index (χ2n) is 11.2. The van der Waals surface area contributed by atoms with Crippen LogP contribution >= 0.6 is 0 Å². The second-order valence-corrected chi connectivity index (χ2v) is 12.8. The first-order chi connectivity index (χ1) is 17.3. The molecule has 12 heteroatoms. The molecule has 0 radical (unpaired) electrons. The van der Waals surface area contributed by atoms with Crippen LogP contribution in [0.2, 0.25) is 0 Å². The topological polar surface area (TPSA) is 143 Å². The third-order valence-corrected chi connectivity index (χ3v) is 8.75. The van der Waals surface area contributed by atoms with Gasteiger partial charge in [-0.05, 0) is 45.6 Å². The number of nitrogens with zero attached hydrogens (tertiary/aromatic N) is 4. The van der Waals surface area contributed by atoms with E-state index >= 15 is 0 Å². The Morgan fingerprint density at radius 3 is 2.38 bits per heavy atom. The summed E-state index contributed by atoms with van der Waals surface area (Å²) < 4.78 is 33.5. The van der Waals surface area contributed by atoms with Crippen LogP contribution in [-0.4, -0.2) is 89.2 Å². The molecule has 2 N–H and O–H groups in total. The molecule has 2 aliphatic heterocycles. The zero-order chi connectivity index (χ0) is 27.0. The first kappa shape index (κ1) is 27.2. The van der Waals surface area contributed by atoms with Crippen molar-refractivity contribution in [2.24, 2.45) is 0 Å². The second kappa shape index (κ2) is 10.1. The van der Waals surface area contributed by atoms with Gasteiger partial charge in [0, 0.05) is 44.2 Å². The van der Waals surface area contributed by atoms with Crippen molar-refractivity contribution >= 4 is 22.4 Å². The summed E-state index contributed by atoms with van der Waals surface area (Å²) in [4.78, 5) is 27.9. The molecule has 2 atom stereocenters. The molecule has 0 spiro atoms. The van der Waals surface area contributed by atoms with E-state index in [1.165, 1.54) is 0 Å². The summed E-state index contributed by atoms with van der Waals surface area (Å²) in [6.45, 7) is 6.19. The quantitative estimate of drug-likeness (QED) is 0.545. The fourth-order valence-corrected chi connectivity index (χ4v) is 6.76. The predicted molar refractivity (Wildman–Crippen MR) is 135 cm³/mol. The summed E-state index contributed by atoms with van der Waals surface area (Å²) in [7, 11) is -4.11. The molecule has 0 bridgehead atoms. The lowest BCUT2D eigenvalue weighted by atomic mass is 9.84. The molecule has 2 heterocycles. The largest absolute Gasteiger partial charge is 0.465 e. The van der Waals surface area contributed by atoms with Crippen molar-refractivity contribution in [3.8, 4) is 6.07 Å². The summed E-state index contributed by atoms with van der Waals surface area (Å²) in [5.41, 5.74) is -0.350. The minimum Gasteiger partial charge on any atom is -0.465 e. The number of carbonyl (C=O) groups excluding carboxylic acids is 1. The lowest BCUT2D eigenvalue weighted by Gasteiger charge is -2.55. The van der Waals surface area contributed by atoms with Crippen molar-refractivity contribution in [2.45, 2.75) is 75.6 Å². The Morgan fingerprint density at radius 1 is 1.22 bits per heavy atom. The van der Waals surface area contributed by atoms with Crippen molar-refractivity contribution < 1.29 is 27.9 Å². The van der Waals surface area contributed by atoms with Crippen molar-refractivity contribution in [1.29, 1.82) is 5.26 Å². The van der Waals surface area contributed by atoms with E-state index in [1.807, 2.05) is 35.1 Å². The molecule has 202 valence electrons. The van der Waals surface area contributed by atoms with Gasteiger partial charge in [0.15, 0.2) is 0 Å². The van der Waals surface area contributed by atoms with Crippen LogP contribution in [0.15, 0.2) is 30.3 Å². The number of carboxylic acid groups (broad SMARTS) is 1. The normalized spacial score (nSPS) is 24.4. The van der Waals surface area contributed by atoms with Crippen molar-refractivity contribution in [3.05, 3.63) is 35.9 Å². The number of ether oxygens (including phenoxy) is 1. The van der Waals surface area contributed by atoms with Crippen LogP contribution in [0, 0.1) is 11.3 Å². The number of rotatable bonds is 7. The number of piperidine rings is 1. The highest BCUT2D eigenvalue weighted by Gasteiger charge is 2.54. The van der Waals surface area contributed by atoms with Crippen LogP contribution in [0.25, 0.3) is 0 Å². The lowest BCUT2D eigenvalue weighted by molar-refractivity contribution is -0.0354. The molecule has 37 heavy (non-hydrogen) atoms. The van der Waals surface area contributed by atoms with Crippen LogP contribution in [0.5, 0.6) is 0 Å². The monoisotopic (exact) mass is 533 g/mol. The van der Waals surface area contributed by atoms with Gasteiger partial charge in [0.2, 0.25) is 0 Å². The first-order valence-electron chi connectivity index (χ1n) is 12.5. The fourth-order valence-electron chi connectivity index (χ4n) is 5.55. The fraction of sp³-hybridized carbons (Fsp3) is 0.640. The number of carbonyl (C=O) groups is 2. The van der Waals surface area contributed by atoms with Gasteiger partial charge in [-0.3, -0.25) is 4.90 Å². The van der Waals surface area contributed by atoms with E-state index < -0.39 is 33.5 Å². The molecule has 2 saturated heterocycles. The van der Waals surface area contributed by atoms with Crippen LogP contribution in [0.4, 0.5) is 9.59 Å². The van der Waals surface area contributed by atoms with E-state index in [0.717, 1.165) is 16.3 Å². The molecule has 1 aromatic rings. The SMILES string of the molecule is CC(C)(C)OC(=O)NS(=O)(=O)N1CC(CC#N)(N2CCC(N(C(=O)O)[C@@H]3C[C@H]3c3ccccc3)CC2)C1. The van der Waals surface area contributed by atoms with Crippen molar-refractivity contribution in [3.63, 3.8) is 0 Å². The van der Waals surface area contributed by atoms with E-state index in [-0.39, 0.29) is 37.5 Å². The van der Waals surface area contributed by atoms with Crippen molar-refractivity contribution in [1.82, 2.24) is 18.8 Å². The molecular formula is C25H35N5O6S. The van der Waals surface area contributed by atoms with Gasteiger partial charge in [-0.1, -0.05) is 30.3 Å². The van der Waals surface area contributed by atoms with Crippen LogP contribution in [-0.2, 0) is 14.9 Å². The molecule has 11 nitrogen and oxygen atoms in total. The summed E-state index contributed by atoms with van der Waals surface area (Å²) in [6.07, 6.45) is 0.210. The van der Waals surface area contributed by atoms with Gasteiger partial charge >= 0.3 is 22.4 Å². The molecule has 0 unspecified atom stereocenters. The smallest absolute Gasteiger partial charge is 0.422 e. The Hall–Kier alpha value is -2.88. The van der Waals surface area contributed by atoms with Gasteiger partial charge in [-0.15, -0.1) is 0 Å². The van der Waals surface area contributed by atoms with Gasteiger partial charge in [0.05, 0.1) is 18.0 Å². The zero-order valence-electron chi connectivity index (χ0n) is 21.5. The highest BCUT2D eigenvalue weighted by atomic mass is 32.2. The minimum atomic E-state index is -4.11. The minimum absolute atomic E-state index is 0.0345. The average molecular weight is 534 g/mol. The summed E-state index contributed by atoms with van der Waals surface area (Å²) in [6, 6.07) is 12.0. The average Bonchev–Trinajstić information content (AvgIpc) is 3.55. The number of likely N-dealkylation sites (tertiary alicyclic amines) is 1. The van der Waals surface area contributed by atoms with Gasteiger partial charge in [0.25, 0.3) is 0 Å². The molecule has 1 aliphatic carbocycles. The predicted octanol–water partition coefficient (Wildman–Crippen LogP) is 2.72. The Bertz CT molecular complexity index is 1150. The molecule has 2 amide bonds. The van der Waals surface area contributed by atoms with Gasteiger partial charge in [-0.25, -0.2) is 14.3 Å². The van der Waals surface area contributed by atoms with Crippen LogP contribution in [0.3, 0.4) is 0 Å². The van der Waals surface area contributed by atoms with E-state index in [2.05, 4.69) is 11.0 Å². The third-order valence-electron chi connectivity index (χ3n) is 7.39. The third kappa shape index (κ3) is 6.00. The molecule has 4 rings (SSSR count). The number of hydrogen-bond acceptors (Lipinski definition) is 7. The zero-order valence-corrected chi connectivity index (χ0v) is 22.3. The van der Waals surface area contributed by atoms with E-state index in [1.54, 1.807) is 25.7 Å². The molecule has 3 fully saturated rings. The number of benzene rings is 1. The van der Waals surface area contributed by atoms with Gasteiger partial charge in [-0.2, -0.15) is 18.0 Å². The maximum atomic E-state index is 12.7. The Balaban J connectivity index is 1.35. The molecular weight excluding hydrogens is 498 g/mol. The number of nitrogens with one attached hydrogen (secondary N) is 1. The Kier molecular flexibility index (Phi) is 7.43. The Labute approximate surface area is 218 Å². The summed E-state index contributed by atoms with van der Waals surface area (Å²) in [5, 5.41) is 19.5. The highest BCUT2D eigenvalue weighted by Crippen LogP contribution is 2.46. The summed E-state index contributed by atoms with van der Waals surface area (Å²) >= 11 is 0. The highest BCUT2D eigenvalue weighted by molar-refractivity contribution is 7.87. The number of hydrogen-bond donors (Lipinski definition) is 2. The summed E-state index contributed by atoms with van der Waals surface area (Å²) in [5.74, 6) is 0.211. The number of nitriles is 1. The molecule has 0 aromatic heterocycles. The first-order valence-corrected chi connectivity index (χ1v) is 14.0. The molecule has 1 saturated carbocycles. The van der Waals surface area contributed by atoms with Gasteiger partial charge < -0.3 is 14.7 Å². The van der Waals surface area contributed by atoms with E-state index in [0.29, 0.717) is 25.9 Å². The van der Waals surface area contributed by atoms with E-state index in [9.17, 15) is 28.4 Å². The number of amides is 2. The van der Waals surface area contributed by atoms with Crippen molar-refractivity contribution in [2.75, 3.05) is 26.2 Å². The Morgan fingerprint density at radius 2 is 1.84 bits per heavy atom. The molecule has 1 aromatic carbocycles. The van der Waals surface area contributed by atoms with Gasteiger partial charge in [0.1, 0.15) is 5.60 Å². The molecule has 3 aliphatic rings. The maximum absolute atomic E-state index is 12.7.